The Hall–Kier alpha value is -4.11. The molecule has 34 heavy (non-hydrogen) atoms. The van der Waals surface area contributed by atoms with Crippen molar-refractivity contribution in [1.29, 1.82) is 0 Å². The van der Waals surface area contributed by atoms with E-state index in [9.17, 15) is 15.0 Å². The van der Waals surface area contributed by atoms with E-state index in [1.165, 1.54) is 0 Å². The van der Waals surface area contributed by atoms with Gasteiger partial charge in [-0.2, -0.15) is 0 Å². The van der Waals surface area contributed by atoms with Gasteiger partial charge in [0.05, 0.1) is 41.1 Å². The Morgan fingerprint density at radius 3 is 2.71 bits per heavy atom. The minimum absolute atomic E-state index is 0.130. The lowest BCUT2D eigenvalue weighted by Gasteiger charge is -2.31. The van der Waals surface area contributed by atoms with Crippen LogP contribution in [-0.2, 0) is 6.54 Å². The van der Waals surface area contributed by atoms with Crippen molar-refractivity contribution in [2.75, 3.05) is 23.3 Å². The van der Waals surface area contributed by atoms with E-state index < -0.39 is 0 Å². The lowest BCUT2D eigenvalue weighted by atomic mass is 9.99. The average Bonchev–Trinajstić information content (AvgIpc) is 3.44. The number of aromatic hydroxyl groups is 1. The molecule has 3 aromatic heterocycles. The molecule has 9 heteroatoms. The number of hydrogen-bond acceptors (Lipinski definition) is 7. The predicted molar refractivity (Wildman–Crippen MR) is 128 cm³/mol. The van der Waals surface area contributed by atoms with E-state index in [0.29, 0.717) is 29.3 Å². The Morgan fingerprint density at radius 1 is 1.06 bits per heavy atom. The molecule has 4 aromatic rings. The van der Waals surface area contributed by atoms with Crippen LogP contribution in [-0.4, -0.2) is 49.7 Å². The van der Waals surface area contributed by atoms with Gasteiger partial charge in [0.1, 0.15) is 17.2 Å². The van der Waals surface area contributed by atoms with Crippen LogP contribution in [0, 0.1) is 0 Å². The Bertz CT molecular complexity index is 1390. The number of aromatic nitrogens is 3. The second kappa shape index (κ2) is 8.03. The van der Waals surface area contributed by atoms with Gasteiger partial charge in [0.2, 0.25) is 0 Å². The molecule has 2 aliphatic heterocycles. The van der Waals surface area contributed by atoms with Gasteiger partial charge in [-0.1, -0.05) is 6.07 Å². The van der Waals surface area contributed by atoms with E-state index in [0.717, 1.165) is 48.4 Å². The van der Waals surface area contributed by atoms with Gasteiger partial charge >= 0.3 is 0 Å². The number of carbonyl (C=O) groups excluding carboxylic acids is 1. The standard InChI is InChI=1S/C25H24N6O3/c32-16-5-8-30(9-6-16)15-1-4-22(26-12-15)29-20-3-2-18(19-13-28-25(34)24(19)20)21-14-27-23-11-17(33)7-10-31(21)23/h1-4,7,10-12,14,16,32-33H,5-6,8-9,13H2,(H,26,29)(H,28,34). The minimum Gasteiger partial charge on any atom is -0.508 e. The van der Waals surface area contributed by atoms with E-state index in [2.05, 4.69) is 25.5 Å². The fraction of sp³-hybridized carbons (Fsp3) is 0.240. The summed E-state index contributed by atoms with van der Waals surface area (Å²) in [5.74, 6) is 0.678. The highest BCUT2D eigenvalue weighted by Crippen LogP contribution is 2.35. The molecule has 6 rings (SSSR count). The zero-order chi connectivity index (χ0) is 23.2. The van der Waals surface area contributed by atoms with Gasteiger partial charge < -0.3 is 25.7 Å². The average molecular weight is 457 g/mol. The van der Waals surface area contributed by atoms with Gasteiger partial charge in [0.25, 0.3) is 5.91 Å². The van der Waals surface area contributed by atoms with Crippen LogP contribution in [0.4, 0.5) is 17.2 Å². The monoisotopic (exact) mass is 456 g/mol. The van der Waals surface area contributed by atoms with Crippen LogP contribution < -0.4 is 15.5 Å². The lowest BCUT2D eigenvalue weighted by Crippen LogP contribution is -2.35. The molecule has 0 atom stereocenters. The smallest absolute Gasteiger partial charge is 0.254 e. The van der Waals surface area contributed by atoms with Gasteiger partial charge in [-0.15, -0.1) is 0 Å². The summed E-state index contributed by atoms with van der Waals surface area (Å²) in [6.07, 6.45) is 6.66. The number of benzene rings is 1. The third kappa shape index (κ3) is 3.50. The van der Waals surface area contributed by atoms with Crippen LogP contribution in [0.15, 0.2) is 55.0 Å². The summed E-state index contributed by atoms with van der Waals surface area (Å²) in [7, 11) is 0. The van der Waals surface area contributed by atoms with Crippen LogP contribution in [0.3, 0.4) is 0 Å². The first-order valence-electron chi connectivity index (χ1n) is 11.3. The third-order valence-electron chi connectivity index (χ3n) is 6.58. The van der Waals surface area contributed by atoms with Crippen molar-refractivity contribution in [2.24, 2.45) is 0 Å². The third-order valence-corrected chi connectivity index (χ3v) is 6.58. The summed E-state index contributed by atoms with van der Waals surface area (Å²) in [5.41, 5.74) is 5.61. The number of aliphatic hydroxyl groups is 1. The molecule has 5 heterocycles. The first kappa shape index (κ1) is 20.5. The molecule has 0 radical (unpaired) electrons. The highest BCUT2D eigenvalue weighted by Gasteiger charge is 2.27. The Morgan fingerprint density at radius 2 is 1.91 bits per heavy atom. The fourth-order valence-electron chi connectivity index (χ4n) is 4.77. The minimum atomic E-state index is -0.214. The first-order chi connectivity index (χ1) is 16.6. The maximum atomic E-state index is 12.7. The summed E-state index contributed by atoms with van der Waals surface area (Å²) >= 11 is 0. The normalized spacial score (nSPS) is 16.0. The predicted octanol–water partition coefficient (Wildman–Crippen LogP) is 3.05. The van der Waals surface area contributed by atoms with Crippen molar-refractivity contribution in [3.8, 4) is 17.0 Å². The second-order valence-corrected chi connectivity index (χ2v) is 8.70. The molecule has 0 unspecified atom stereocenters. The lowest BCUT2D eigenvalue weighted by molar-refractivity contribution is 0.0966. The Balaban J connectivity index is 1.31. The van der Waals surface area contributed by atoms with Crippen LogP contribution in [0.1, 0.15) is 28.8 Å². The van der Waals surface area contributed by atoms with Gasteiger partial charge in [-0.25, -0.2) is 9.97 Å². The van der Waals surface area contributed by atoms with Gasteiger partial charge in [-0.3, -0.25) is 9.20 Å². The van der Waals surface area contributed by atoms with Crippen molar-refractivity contribution in [3.05, 3.63) is 66.1 Å². The number of imidazole rings is 1. The van der Waals surface area contributed by atoms with Crippen LogP contribution in [0.2, 0.25) is 0 Å². The second-order valence-electron chi connectivity index (χ2n) is 8.70. The molecule has 0 spiro atoms. The van der Waals surface area contributed by atoms with Crippen LogP contribution in [0.25, 0.3) is 16.9 Å². The van der Waals surface area contributed by atoms with Gasteiger partial charge in [-0.05, 0) is 42.7 Å². The van der Waals surface area contributed by atoms with Crippen molar-refractivity contribution in [1.82, 2.24) is 19.7 Å². The molecular formula is C25H24N6O3. The number of fused-ring (bicyclic) bond motifs is 2. The zero-order valence-electron chi connectivity index (χ0n) is 18.4. The first-order valence-corrected chi connectivity index (χ1v) is 11.3. The molecule has 1 aromatic carbocycles. The number of aliphatic hydroxyl groups excluding tert-OH is 1. The van der Waals surface area contributed by atoms with Crippen molar-refractivity contribution in [2.45, 2.75) is 25.5 Å². The van der Waals surface area contributed by atoms with E-state index >= 15 is 0 Å². The highest BCUT2D eigenvalue weighted by molar-refractivity contribution is 6.06. The number of nitrogens with one attached hydrogen (secondary N) is 2. The van der Waals surface area contributed by atoms with E-state index in [4.69, 9.17) is 0 Å². The number of rotatable bonds is 4. The number of pyridine rings is 2. The summed E-state index contributed by atoms with van der Waals surface area (Å²) < 4.78 is 1.89. The number of nitrogens with zero attached hydrogens (tertiary/aromatic N) is 4. The molecule has 9 nitrogen and oxygen atoms in total. The van der Waals surface area contributed by atoms with Crippen molar-refractivity contribution >= 4 is 28.7 Å². The number of anilines is 3. The van der Waals surface area contributed by atoms with Gasteiger partial charge in [0, 0.05) is 37.5 Å². The molecule has 0 aliphatic carbocycles. The summed E-state index contributed by atoms with van der Waals surface area (Å²) in [6, 6.07) is 11.0. The molecule has 1 fully saturated rings. The number of carbonyl (C=O) groups is 1. The van der Waals surface area contributed by atoms with Gasteiger partial charge in [0.15, 0.2) is 0 Å². The summed E-state index contributed by atoms with van der Waals surface area (Å²) in [5, 5.41) is 25.7. The van der Waals surface area contributed by atoms with E-state index in [1.54, 1.807) is 24.5 Å². The fourth-order valence-corrected chi connectivity index (χ4v) is 4.77. The van der Waals surface area contributed by atoms with E-state index in [1.807, 2.05) is 34.9 Å². The van der Waals surface area contributed by atoms with E-state index in [-0.39, 0.29) is 17.8 Å². The topological polar surface area (TPSA) is 115 Å². The molecule has 4 N–H and O–H groups in total. The van der Waals surface area contributed by atoms with Crippen molar-refractivity contribution in [3.63, 3.8) is 0 Å². The number of piperidine rings is 1. The Labute approximate surface area is 195 Å². The number of hydrogen-bond donors (Lipinski definition) is 4. The number of amides is 1. The molecule has 1 amide bonds. The maximum Gasteiger partial charge on any atom is 0.254 e. The molecule has 0 saturated carbocycles. The van der Waals surface area contributed by atoms with Crippen molar-refractivity contribution < 1.29 is 15.0 Å². The SMILES string of the molecule is O=C1NCc2c(-c3cnc4cc(O)ccn34)ccc(Nc3ccc(N4CCC(O)CC4)cn3)c21. The largest absolute Gasteiger partial charge is 0.508 e. The maximum absolute atomic E-state index is 12.7. The summed E-state index contributed by atoms with van der Waals surface area (Å²) in [6.45, 7) is 2.05. The molecule has 1 saturated heterocycles. The Kier molecular flexibility index (Phi) is 4.84. The molecule has 0 bridgehead atoms. The van der Waals surface area contributed by atoms with Crippen LogP contribution in [0.5, 0.6) is 5.75 Å². The highest BCUT2D eigenvalue weighted by atomic mass is 16.3. The quantitative estimate of drug-likeness (QED) is 0.373. The van der Waals surface area contributed by atoms with Crippen LogP contribution >= 0.6 is 0 Å². The molecule has 2 aliphatic rings. The summed E-state index contributed by atoms with van der Waals surface area (Å²) in [4.78, 5) is 23.9. The zero-order valence-corrected chi connectivity index (χ0v) is 18.4. The molecular weight excluding hydrogens is 432 g/mol. The molecule has 172 valence electrons.